The first kappa shape index (κ1) is 21.1. The standard InChI is InChI=1S/C16H28N.CH4O3S/c1-3-5-6-7-8-10-14-17-15-11-9-13-16(17)12-4-2;1-5(2,3)4/h9,11,13,15H,3-8,10,12,14H2,1-2H3;1H3,(H,2,3,4)/q+1;. The number of hydrogen-bond donors (Lipinski definition) is 1. The Balaban J connectivity index is 0.000000763. The van der Waals surface area contributed by atoms with Crippen molar-refractivity contribution in [2.75, 3.05) is 6.26 Å². The average molecular weight is 331 g/mol. The van der Waals surface area contributed by atoms with E-state index in [2.05, 4.69) is 42.8 Å². The Kier molecular flexibility index (Phi) is 12.1. The van der Waals surface area contributed by atoms with Crippen molar-refractivity contribution in [2.45, 2.75) is 71.8 Å². The maximum Gasteiger partial charge on any atom is 0.261 e. The number of aryl methyl sites for hydroxylation is 2. The van der Waals surface area contributed by atoms with E-state index in [0.29, 0.717) is 6.26 Å². The van der Waals surface area contributed by atoms with Crippen LogP contribution in [0, 0.1) is 0 Å². The van der Waals surface area contributed by atoms with Gasteiger partial charge in [0.15, 0.2) is 11.9 Å². The molecule has 1 aromatic rings. The molecular weight excluding hydrogens is 298 g/mol. The molecule has 0 saturated carbocycles. The van der Waals surface area contributed by atoms with Gasteiger partial charge in [-0.05, 0) is 12.8 Å². The summed E-state index contributed by atoms with van der Waals surface area (Å²) in [4.78, 5) is 0. The molecule has 1 aromatic heterocycles. The maximum atomic E-state index is 9.19. The Morgan fingerprint density at radius 1 is 1.00 bits per heavy atom. The Labute approximate surface area is 136 Å². The molecule has 128 valence electrons. The highest BCUT2D eigenvalue weighted by atomic mass is 32.2. The van der Waals surface area contributed by atoms with Gasteiger partial charge in [0.2, 0.25) is 0 Å². The first-order valence-electron chi connectivity index (χ1n) is 8.28. The van der Waals surface area contributed by atoms with E-state index in [9.17, 15) is 8.42 Å². The Morgan fingerprint density at radius 3 is 2.18 bits per heavy atom. The number of pyridine rings is 1. The molecule has 0 amide bonds. The van der Waals surface area contributed by atoms with E-state index in [0.717, 1.165) is 0 Å². The minimum atomic E-state index is -3.67. The third-order valence-corrected chi connectivity index (χ3v) is 3.29. The molecule has 0 aliphatic rings. The van der Waals surface area contributed by atoms with Gasteiger partial charge in [0.25, 0.3) is 10.1 Å². The van der Waals surface area contributed by atoms with Crippen molar-refractivity contribution in [1.29, 1.82) is 0 Å². The quantitative estimate of drug-likeness (QED) is 0.426. The van der Waals surface area contributed by atoms with Gasteiger partial charge in [0.05, 0.1) is 6.26 Å². The molecule has 0 bridgehead atoms. The summed E-state index contributed by atoms with van der Waals surface area (Å²) < 4.78 is 28.3. The van der Waals surface area contributed by atoms with Crippen LogP contribution in [-0.2, 0) is 23.1 Å². The van der Waals surface area contributed by atoms with Crippen molar-refractivity contribution >= 4 is 10.1 Å². The fourth-order valence-electron chi connectivity index (χ4n) is 2.28. The SMILES string of the molecule is CCCCCCCC[n+]1ccccc1CCC.CS(=O)(=O)O. The number of unbranched alkanes of at least 4 members (excludes halogenated alkanes) is 5. The van der Waals surface area contributed by atoms with E-state index in [1.54, 1.807) is 0 Å². The van der Waals surface area contributed by atoms with Crippen molar-refractivity contribution in [3.8, 4) is 0 Å². The van der Waals surface area contributed by atoms with Gasteiger partial charge in [0.1, 0.15) is 6.54 Å². The van der Waals surface area contributed by atoms with Crippen LogP contribution in [0.2, 0.25) is 0 Å². The highest BCUT2D eigenvalue weighted by molar-refractivity contribution is 7.85. The second kappa shape index (κ2) is 12.6. The third-order valence-electron chi connectivity index (χ3n) is 3.29. The van der Waals surface area contributed by atoms with Crippen molar-refractivity contribution < 1.29 is 17.5 Å². The summed E-state index contributed by atoms with van der Waals surface area (Å²) >= 11 is 0. The molecule has 0 fully saturated rings. The molecule has 0 aliphatic carbocycles. The van der Waals surface area contributed by atoms with Crippen LogP contribution in [0.1, 0.15) is 64.5 Å². The number of aromatic nitrogens is 1. The molecule has 5 heteroatoms. The van der Waals surface area contributed by atoms with Gasteiger partial charge in [-0.1, -0.05) is 45.6 Å². The lowest BCUT2D eigenvalue weighted by Gasteiger charge is -2.03. The van der Waals surface area contributed by atoms with Gasteiger partial charge >= 0.3 is 0 Å². The summed E-state index contributed by atoms with van der Waals surface area (Å²) in [5.41, 5.74) is 1.49. The maximum absolute atomic E-state index is 9.19. The predicted molar refractivity (Wildman–Crippen MR) is 91.5 cm³/mol. The second-order valence-electron chi connectivity index (χ2n) is 5.64. The van der Waals surface area contributed by atoms with E-state index in [1.165, 1.54) is 63.6 Å². The largest absolute Gasteiger partial charge is 0.286 e. The van der Waals surface area contributed by atoms with Gasteiger partial charge in [-0.2, -0.15) is 8.42 Å². The summed E-state index contributed by atoms with van der Waals surface area (Å²) in [5.74, 6) is 0. The van der Waals surface area contributed by atoms with Crippen LogP contribution in [-0.4, -0.2) is 19.2 Å². The summed E-state index contributed by atoms with van der Waals surface area (Å²) in [7, 11) is -3.67. The molecule has 1 rings (SSSR count). The van der Waals surface area contributed by atoms with Crippen molar-refractivity contribution in [2.24, 2.45) is 0 Å². The van der Waals surface area contributed by atoms with Gasteiger partial charge in [-0.25, -0.2) is 4.57 Å². The van der Waals surface area contributed by atoms with E-state index in [1.807, 2.05) is 0 Å². The van der Waals surface area contributed by atoms with Gasteiger partial charge in [0, 0.05) is 25.0 Å². The van der Waals surface area contributed by atoms with E-state index < -0.39 is 10.1 Å². The van der Waals surface area contributed by atoms with Crippen LogP contribution in [0.4, 0.5) is 0 Å². The molecule has 1 N–H and O–H groups in total. The highest BCUT2D eigenvalue weighted by Crippen LogP contribution is 2.05. The molecule has 22 heavy (non-hydrogen) atoms. The summed E-state index contributed by atoms with van der Waals surface area (Å²) in [5, 5.41) is 0. The van der Waals surface area contributed by atoms with Crippen LogP contribution in [0.3, 0.4) is 0 Å². The Morgan fingerprint density at radius 2 is 1.59 bits per heavy atom. The van der Waals surface area contributed by atoms with Crippen molar-refractivity contribution in [3.63, 3.8) is 0 Å². The van der Waals surface area contributed by atoms with E-state index in [4.69, 9.17) is 4.55 Å². The zero-order valence-corrected chi connectivity index (χ0v) is 15.1. The lowest BCUT2D eigenvalue weighted by Crippen LogP contribution is -2.37. The average Bonchev–Trinajstić information content (AvgIpc) is 2.43. The molecule has 0 spiro atoms. The molecule has 1 heterocycles. The fourth-order valence-corrected chi connectivity index (χ4v) is 2.28. The third kappa shape index (κ3) is 14.0. The second-order valence-corrected chi connectivity index (χ2v) is 7.10. The number of hydrogen-bond acceptors (Lipinski definition) is 2. The summed E-state index contributed by atoms with van der Waals surface area (Å²) in [6.07, 6.45) is 13.7. The zero-order valence-electron chi connectivity index (χ0n) is 14.3. The van der Waals surface area contributed by atoms with Gasteiger partial charge in [-0.3, -0.25) is 4.55 Å². The first-order chi connectivity index (χ1) is 10.4. The monoisotopic (exact) mass is 330 g/mol. The molecule has 0 unspecified atom stereocenters. The highest BCUT2D eigenvalue weighted by Gasteiger charge is 2.07. The molecule has 4 nitrogen and oxygen atoms in total. The Bertz CT molecular complexity index is 478. The van der Waals surface area contributed by atoms with Gasteiger partial charge in [-0.15, -0.1) is 0 Å². The van der Waals surface area contributed by atoms with Crippen LogP contribution in [0.25, 0.3) is 0 Å². The fraction of sp³-hybridized carbons (Fsp3) is 0.706. The molecule has 0 radical (unpaired) electrons. The lowest BCUT2D eigenvalue weighted by atomic mass is 10.1. The minimum Gasteiger partial charge on any atom is -0.286 e. The van der Waals surface area contributed by atoms with Crippen molar-refractivity contribution in [1.82, 2.24) is 0 Å². The van der Waals surface area contributed by atoms with E-state index in [-0.39, 0.29) is 0 Å². The summed E-state index contributed by atoms with van der Waals surface area (Å²) in [6, 6.07) is 6.57. The van der Waals surface area contributed by atoms with Gasteiger partial charge < -0.3 is 0 Å². The molecular formula is C17H32NO3S+. The zero-order chi connectivity index (χ0) is 16.8. The van der Waals surface area contributed by atoms with Crippen LogP contribution in [0.5, 0.6) is 0 Å². The number of nitrogens with zero attached hydrogens (tertiary/aromatic N) is 1. The molecule has 0 aliphatic heterocycles. The van der Waals surface area contributed by atoms with Crippen LogP contribution < -0.4 is 4.57 Å². The lowest BCUT2D eigenvalue weighted by molar-refractivity contribution is -0.704. The molecule has 0 atom stereocenters. The van der Waals surface area contributed by atoms with Crippen LogP contribution >= 0.6 is 0 Å². The molecule has 0 aromatic carbocycles. The Hall–Kier alpha value is -0.940. The molecule has 0 saturated heterocycles. The summed E-state index contributed by atoms with van der Waals surface area (Å²) in [6.45, 7) is 5.72. The van der Waals surface area contributed by atoms with E-state index >= 15 is 0 Å². The van der Waals surface area contributed by atoms with Crippen molar-refractivity contribution in [3.05, 3.63) is 30.1 Å². The number of rotatable bonds is 9. The normalized spacial score (nSPS) is 10.9. The smallest absolute Gasteiger partial charge is 0.261 e. The topological polar surface area (TPSA) is 58.2 Å². The predicted octanol–water partition coefficient (Wildman–Crippen LogP) is 3.79. The minimum absolute atomic E-state index is 0.715. The first-order valence-corrected chi connectivity index (χ1v) is 10.1. The van der Waals surface area contributed by atoms with Crippen LogP contribution in [0.15, 0.2) is 24.4 Å².